The summed E-state index contributed by atoms with van der Waals surface area (Å²) in [7, 11) is 1.64. The van der Waals surface area contributed by atoms with Crippen LogP contribution in [0.1, 0.15) is 37.0 Å². The van der Waals surface area contributed by atoms with Crippen molar-refractivity contribution in [1.82, 2.24) is 5.32 Å². The van der Waals surface area contributed by atoms with Crippen LogP contribution in [0.25, 0.3) is 0 Å². The molecule has 2 atom stereocenters. The lowest BCUT2D eigenvalue weighted by atomic mass is 10.0. The molecule has 1 fully saturated rings. The molecule has 4 heteroatoms. The van der Waals surface area contributed by atoms with Crippen molar-refractivity contribution in [3.63, 3.8) is 0 Å². The standard InChI is InChI=1S/C16H25NO2S/c1-12-5-6-15(19-3)13(9-12)14(18)10-17-11-16(2)7-4-8-20-16/h5-6,9,14,17-18H,4,7-8,10-11H2,1-3H3. The third kappa shape index (κ3) is 3.90. The van der Waals surface area contributed by atoms with Gasteiger partial charge in [-0.15, -0.1) is 0 Å². The van der Waals surface area contributed by atoms with E-state index in [9.17, 15) is 5.11 Å². The van der Waals surface area contributed by atoms with E-state index >= 15 is 0 Å². The number of ether oxygens (including phenoxy) is 1. The molecular formula is C16H25NO2S. The number of nitrogens with one attached hydrogen (secondary N) is 1. The Balaban J connectivity index is 1.91. The first-order chi connectivity index (χ1) is 9.54. The van der Waals surface area contributed by atoms with Gasteiger partial charge in [0.2, 0.25) is 0 Å². The van der Waals surface area contributed by atoms with E-state index in [1.807, 2.05) is 36.9 Å². The van der Waals surface area contributed by atoms with E-state index in [1.165, 1.54) is 18.6 Å². The molecule has 0 spiro atoms. The topological polar surface area (TPSA) is 41.5 Å². The first kappa shape index (κ1) is 15.7. The molecule has 0 saturated carbocycles. The zero-order valence-electron chi connectivity index (χ0n) is 12.6. The van der Waals surface area contributed by atoms with Crippen LogP contribution in [0.3, 0.4) is 0 Å². The molecule has 1 aromatic rings. The zero-order valence-corrected chi connectivity index (χ0v) is 13.4. The van der Waals surface area contributed by atoms with Gasteiger partial charge in [-0.05, 0) is 44.6 Å². The Morgan fingerprint density at radius 1 is 1.50 bits per heavy atom. The molecule has 112 valence electrons. The summed E-state index contributed by atoms with van der Waals surface area (Å²) in [5, 5.41) is 13.8. The summed E-state index contributed by atoms with van der Waals surface area (Å²) in [6.45, 7) is 5.84. The molecule has 1 heterocycles. The highest BCUT2D eigenvalue weighted by Crippen LogP contribution is 2.37. The molecule has 2 unspecified atom stereocenters. The van der Waals surface area contributed by atoms with Crippen molar-refractivity contribution in [1.29, 1.82) is 0 Å². The van der Waals surface area contributed by atoms with Crippen molar-refractivity contribution < 1.29 is 9.84 Å². The van der Waals surface area contributed by atoms with Gasteiger partial charge in [0.25, 0.3) is 0 Å². The first-order valence-corrected chi connectivity index (χ1v) is 8.20. The van der Waals surface area contributed by atoms with Crippen LogP contribution in [0, 0.1) is 6.92 Å². The lowest BCUT2D eigenvalue weighted by molar-refractivity contribution is 0.169. The smallest absolute Gasteiger partial charge is 0.124 e. The molecule has 0 amide bonds. The van der Waals surface area contributed by atoms with Crippen molar-refractivity contribution >= 4 is 11.8 Å². The average Bonchev–Trinajstić information content (AvgIpc) is 2.85. The third-order valence-electron chi connectivity index (χ3n) is 3.88. The monoisotopic (exact) mass is 295 g/mol. The molecule has 20 heavy (non-hydrogen) atoms. The van der Waals surface area contributed by atoms with E-state index < -0.39 is 6.10 Å². The molecule has 1 aliphatic rings. The second-order valence-corrected chi connectivity index (χ2v) is 7.48. The molecule has 1 aliphatic heterocycles. The number of hydrogen-bond donors (Lipinski definition) is 2. The molecule has 0 radical (unpaired) electrons. The van der Waals surface area contributed by atoms with Crippen LogP contribution in [0.15, 0.2) is 18.2 Å². The van der Waals surface area contributed by atoms with E-state index in [2.05, 4.69) is 12.2 Å². The van der Waals surface area contributed by atoms with Gasteiger partial charge in [0.05, 0.1) is 13.2 Å². The van der Waals surface area contributed by atoms with Crippen LogP contribution < -0.4 is 10.1 Å². The predicted octanol–water partition coefficient (Wildman–Crippen LogP) is 2.91. The lowest BCUT2D eigenvalue weighted by Gasteiger charge is -2.24. The summed E-state index contributed by atoms with van der Waals surface area (Å²) >= 11 is 2.03. The zero-order chi connectivity index (χ0) is 14.6. The first-order valence-electron chi connectivity index (χ1n) is 7.21. The fourth-order valence-electron chi connectivity index (χ4n) is 2.67. The fourth-order valence-corrected chi connectivity index (χ4v) is 3.95. The molecule has 3 nitrogen and oxygen atoms in total. The Kier molecular flexibility index (Phi) is 5.35. The van der Waals surface area contributed by atoms with Gasteiger partial charge in [0, 0.05) is 23.4 Å². The Hall–Kier alpha value is -0.710. The van der Waals surface area contributed by atoms with E-state index in [-0.39, 0.29) is 0 Å². The number of rotatable bonds is 6. The summed E-state index contributed by atoms with van der Waals surface area (Å²) in [5.41, 5.74) is 2.00. The second kappa shape index (κ2) is 6.83. The number of methoxy groups -OCH3 is 1. The van der Waals surface area contributed by atoms with Crippen molar-refractivity contribution in [3.8, 4) is 5.75 Å². The summed E-state index contributed by atoms with van der Waals surface area (Å²) in [6, 6.07) is 5.91. The number of benzene rings is 1. The van der Waals surface area contributed by atoms with Crippen LogP contribution >= 0.6 is 11.8 Å². The Bertz CT molecular complexity index is 444. The van der Waals surface area contributed by atoms with Crippen LogP contribution in [-0.4, -0.2) is 35.8 Å². The highest BCUT2D eigenvalue weighted by Gasteiger charge is 2.29. The Morgan fingerprint density at radius 3 is 2.95 bits per heavy atom. The minimum absolute atomic E-state index is 0.330. The number of thioether (sulfide) groups is 1. The van der Waals surface area contributed by atoms with Crippen LogP contribution in [0.4, 0.5) is 0 Å². The number of aliphatic hydroxyl groups is 1. The van der Waals surface area contributed by atoms with E-state index in [0.717, 1.165) is 23.4 Å². The van der Waals surface area contributed by atoms with Crippen LogP contribution in [0.2, 0.25) is 0 Å². The molecule has 2 rings (SSSR count). The Morgan fingerprint density at radius 2 is 2.30 bits per heavy atom. The summed E-state index contributed by atoms with van der Waals surface area (Å²) in [5.74, 6) is 2.01. The SMILES string of the molecule is COc1ccc(C)cc1C(O)CNCC1(C)CCCS1. The van der Waals surface area contributed by atoms with Gasteiger partial charge >= 0.3 is 0 Å². The maximum Gasteiger partial charge on any atom is 0.124 e. The van der Waals surface area contributed by atoms with E-state index in [0.29, 0.717) is 11.3 Å². The second-order valence-electron chi connectivity index (χ2n) is 5.79. The number of aliphatic hydroxyl groups excluding tert-OH is 1. The normalized spacial score (nSPS) is 23.8. The van der Waals surface area contributed by atoms with Gasteiger partial charge in [-0.3, -0.25) is 0 Å². The van der Waals surface area contributed by atoms with Crippen molar-refractivity contribution in [2.24, 2.45) is 0 Å². The van der Waals surface area contributed by atoms with Gasteiger partial charge < -0.3 is 15.2 Å². The van der Waals surface area contributed by atoms with Crippen LogP contribution in [0.5, 0.6) is 5.75 Å². The lowest BCUT2D eigenvalue weighted by Crippen LogP contribution is -2.35. The summed E-state index contributed by atoms with van der Waals surface area (Å²) < 4.78 is 5.66. The number of aryl methyl sites for hydroxylation is 1. The van der Waals surface area contributed by atoms with Crippen molar-refractivity contribution in [2.45, 2.75) is 37.5 Å². The van der Waals surface area contributed by atoms with Gasteiger partial charge in [-0.25, -0.2) is 0 Å². The van der Waals surface area contributed by atoms with Gasteiger partial charge in [-0.1, -0.05) is 11.6 Å². The molecule has 1 saturated heterocycles. The fraction of sp³-hybridized carbons (Fsp3) is 0.625. The third-order valence-corrected chi connectivity index (χ3v) is 5.42. The number of hydrogen-bond acceptors (Lipinski definition) is 4. The molecule has 2 N–H and O–H groups in total. The largest absolute Gasteiger partial charge is 0.496 e. The van der Waals surface area contributed by atoms with E-state index in [1.54, 1.807) is 7.11 Å². The highest BCUT2D eigenvalue weighted by atomic mass is 32.2. The maximum absolute atomic E-state index is 10.4. The van der Waals surface area contributed by atoms with Gasteiger partial charge in [-0.2, -0.15) is 11.8 Å². The average molecular weight is 295 g/mol. The molecule has 0 aliphatic carbocycles. The minimum Gasteiger partial charge on any atom is -0.496 e. The molecule has 0 aromatic heterocycles. The van der Waals surface area contributed by atoms with Gasteiger partial charge in [0.1, 0.15) is 5.75 Å². The summed E-state index contributed by atoms with van der Waals surface area (Å²) in [6.07, 6.45) is 2.03. The highest BCUT2D eigenvalue weighted by molar-refractivity contribution is 8.00. The van der Waals surface area contributed by atoms with Crippen LogP contribution in [-0.2, 0) is 0 Å². The van der Waals surface area contributed by atoms with Crippen molar-refractivity contribution in [3.05, 3.63) is 29.3 Å². The molecule has 0 bridgehead atoms. The maximum atomic E-state index is 10.4. The van der Waals surface area contributed by atoms with E-state index in [4.69, 9.17) is 4.74 Å². The Labute approximate surface area is 126 Å². The summed E-state index contributed by atoms with van der Waals surface area (Å²) in [4.78, 5) is 0. The molecule has 1 aromatic carbocycles. The van der Waals surface area contributed by atoms with Crippen molar-refractivity contribution in [2.75, 3.05) is 26.0 Å². The molecular weight excluding hydrogens is 270 g/mol. The minimum atomic E-state index is -0.528. The van der Waals surface area contributed by atoms with Gasteiger partial charge in [0.15, 0.2) is 0 Å². The predicted molar refractivity (Wildman–Crippen MR) is 85.7 cm³/mol. The quantitative estimate of drug-likeness (QED) is 0.847.